The molecule has 0 aliphatic heterocycles. The van der Waals surface area contributed by atoms with E-state index < -0.39 is 0 Å². The average Bonchev–Trinajstić information content (AvgIpc) is 2.65. The first-order chi connectivity index (χ1) is 7.29. The van der Waals surface area contributed by atoms with Gasteiger partial charge >= 0.3 is 0 Å². The monoisotopic (exact) mass is 207 g/mol. The molecular formula is C12H21N3. The molecule has 15 heavy (non-hydrogen) atoms. The summed E-state index contributed by atoms with van der Waals surface area (Å²) < 4.78 is 0. The molecule has 2 aliphatic rings. The molecule has 0 bridgehead atoms. The summed E-state index contributed by atoms with van der Waals surface area (Å²) in [6.45, 7) is 0. The number of hydrogen-bond donors (Lipinski definition) is 2. The highest BCUT2D eigenvalue weighted by Crippen LogP contribution is 2.27. The molecule has 0 radical (unpaired) electrons. The van der Waals surface area contributed by atoms with Crippen molar-refractivity contribution in [1.82, 2.24) is 5.32 Å². The Balaban J connectivity index is 1.83. The van der Waals surface area contributed by atoms with Crippen LogP contribution in [0.25, 0.3) is 0 Å². The standard InChI is InChI=1S/C12H21N3/c13-8-9-3-1-6-12(9)15-11-5-2-4-10(14)7-11/h9-12,15H,1-7,14H2. The van der Waals surface area contributed by atoms with Crippen molar-refractivity contribution in [2.45, 2.75) is 63.1 Å². The summed E-state index contributed by atoms with van der Waals surface area (Å²) >= 11 is 0. The van der Waals surface area contributed by atoms with Gasteiger partial charge in [-0.1, -0.05) is 12.8 Å². The van der Waals surface area contributed by atoms with Crippen LogP contribution in [0, 0.1) is 17.2 Å². The number of nitrogens with one attached hydrogen (secondary N) is 1. The second-order valence-corrected chi connectivity index (χ2v) is 5.06. The van der Waals surface area contributed by atoms with Gasteiger partial charge < -0.3 is 11.1 Å². The molecule has 0 heterocycles. The molecule has 2 saturated carbocycles. The van der Waals surface area contributed by atoms with Crippen LogP contribution in [0.4, 0.5) is 0 Å². The Morgan fingerprint density at radius 3 is 2.67 bits per heavy atom. The van der Waals surface area contributed by atoms with Crippen molar-refractivity contribution in [3.8, 4) is 6.07 Å². The van der Waals surface area contributed by atoms with Crippen molar-refractivity contribution < 1.29 is 0 Å². The van der Waals surface area contributed by atoms with E-state index >= 15 is 0 Å². The molecular weight excluding hydrogens is 186 g/mol. The van der Waals surface area contributed by atoms with Crippen LogP contribution in [0.2, 0.25) is 0 Å². The molecule has 4 unspecified atom stereocenters. The zero-order valence-corrected chi connectivity index (χ0v) is 9.28. The van der Waals surface area contributed by atoms with Gasteiger partial charge in [-0.25, -0.2) is 0 Å². The van der Waals surface area contributed by atoms with Crippen LogP contribution in [0.3, 0.4) is 0 Å². The molecule has 2 fully saturated rings. The highest BCUT2D eigenvalue weighted by molar-refractivity contribution is 4.98. The maximum absolute atomic E-state index is 9.00. The van der Waals surface area contributed by atoms with Gasteiger partial charge in [0.25, 0.3) is 0 Å². The van der Waals surface area contributed by atoms with Crippen LogP contribution in [-0.4, -0.2) is 18.1 Å². The van der Waals surface area contributed by atoms with Crippen LogP contribution in [0.5, 0.6) is 0 Å². The number of nitriles is 1. The average molecular weight is 207 g/mol. The second-order valence-electron chi connectivity index (χ2n) is 5.06. The summed E-state index contributed by atoms with van der Waals surface area (Å²) in [5, 5.41) is 12.6. The van der Waals surface area contributed by atoms with Crippen LogP contribution in [0.15, 0.2) is 0 Å². The molecule has 2 rings (SSSR count). The van der Waals surface area contributed by atoms with Crippen LogP contribution >= 0.6 is 0 Å². The molecule has 0 amide bonds. The van der Waals surface area contributed by atoms with E-state index in [1.807, 2.05) is 0 Å². The number of rotatable bonds is 2. The van der Waals surface area contributed by atoms with Gasteiger partial charge in [0.05, 0.1) is 12.0 Å². The first-order valence-corrected chi connectivity index (χ1v) is 6.21. The third kappa shape index (κ3) is 2.70. The molecule has 3 N–H and O–H groups in total. The summed E-state index contributed by atoms with van der Waals surface area (Å²) in [6.07, 6.45) is 8.19. The van der Waals surface area contributed by atoms with Crippen molar-refractivity contribution >= 4 is 0 Å². The summed E-state index contributed by atoms with van der Waals surface area (Å²) in [4.78, 5) is 0. The molecule has 3 heteroatoms. The van der Waals surface area contributed by atoms with Gasteiger partial charge in [-0.05, 0) is 32.1 Å². The maximum atomic E-state index is 9.00. The van der Waals surface area contributed by atoms with Gasteiger partial charge in [-0.15, -0.1) is 0 Å². The SMILES string of the molecule is N#CC1CCCC1NC1CCCC(N)C1. The van der Waals surface area contributed by atoms with E-state index in [9.17, 15) is 0 Å². The van der Waals surface area contributed by atoms with E-state index in [1.165, 1.54) is 32.1 Å². The van der Waals surface area contributed by atoms with Gasteiger partial charge in [-0.3, -0.25) is 0 Å². The predicted molar refractivity (Wildman–Crippen MR) is 60.1 cm³/mol. The predicted octanol–water partition coefficient (Wildman–Crippen LogP) is 1.54. The lowest BCUT2D eigenvalue weighted by atomic mass is 9.90. The molecule has 0 spiro atoms. The highest BCUT2D eigenvalue weighted by Gasteiger charge is 2.30. The minimum atomic E-state index is 0.239. The molecule has 2 aliphatic carbocycles. The third-order valence-electron chi connectivity index (χ3n) is 3.85. The molecule has 0 saturated heterocycles. The van der Waals surface area contributed by atoms with Gasteiger partial charge in [-0.2, -0.15) is 5.26 Å². The highest BCUT2D eigenvalue weighted by atomic mass is 15.0. The lowest BCUT2D eigenvalue weighted by Crippen LogP contribution is -2.45. The molecule has 0 aromatic rings. The largest absolute Gasteiger partial charge is 0.328 e. The van der Waals surface area contributed by atoms with Crippen molar-refractivity contribution in [2.75, 3.05) is 0 Å². The van der Waals surface area contributed by atoms with Gasteiger partial charge in [0, 0.05) is 18.1 Å². The van der Waals surface area contributed by atoms with Crippen LogP contribution in [-0.2, 0) is 0 Å². The van der Waals surface area contributed by atoms with Crippen molar-refractivity contribution in [3.05, 3.63) is 0 Å². The Morgan fingerprint density at radius 2 is 1.93 bits per heavy atom. The zero-order chi connectivity index (χ0) is 10.7. The Morgan fingerprint density at radius 1 is 1.13 bits per heavy atom. The molecule has 0 aromatic carbocycles. The van der Waals surface area contributed by atoms with Crippen molar-refractivity contribution in [1.29, 1.82) is 5.26 Å². The Bertz CT molecular complexity index is 246. The van der Waals surface area contributed by atoms with E-state index in [-0.39, 0.29) is 5.92 Å². The summed E-state index contributed by atoms with van der Waals surface area (Å²) in [5.74, 6) is 0.239. The number of hydrogen-bond acceptors (Lipinski definition) is 3. The quantitative estimate of drug-likeness (QED) is 0.722. The first kappa shape index (κ1) is 10.9. The van der Waals surface area contributed by atoms with Gasteiger partial charge in [0.15, 0.2) is 0 Å². The molecule has 0 aromatic heterocycles. The topological polar surface area (TPSA) is 61.8 Å². The van der Waals surface area contributed by atoms with E-state index in [0.717, 1.165) is 12.8 Å². The van der Waals surface area contributed by atoms with Crippen LogP contribution < -0.4 is 11.1 Å². The number of nitrogens with zero attached hydrogens (tertiary/aromatic N) is 1. The Labute approximate surface area is 92.0 Å². The number of nitrogens with two attached hydrogens (primary N) is 1. The molecule has 84 valence electrons. The van der Waals surface area contributed by atoms with E-state index in [2.05, 4.69) is 11.4 Å². The van der Waals surface area contributed by atoms with Gasteiger partial charge in [0.1, 0.15) is 0 Å². The first-order valence-electron chi connectivity index (χ1n) is 6.21. The van der Waals surface area contributed by atoms with E-state index in [0.29, 0.717) is 18.1 Å². The lowest BCUT2D eigenvalue weighted by Gasteiger charge is -2.30. The second kappa shape index (κ2) is 4.96. The smallest absolute Gasteiger partial charge is 0.0672 e. The maximum Gasteiger partial charge on any atom is 0.0672 e. The fourth-order valence-corrected chi connectivity index (χ4v) is 3.00. The van der Waals surface area contributed by atoms with Crippen molar-refractivity contribution in [2.24, 2.45) is 11.7 Å². The fourth-order valence-electron chi connectivity index (χ4n) is 3.00. The van der Waals surface area contributed by atoms with E-state index in [4.69, 9.17) is 11.0 Å². The Kier molecular flexibility index (Phi) is 3.61. The minimum absolute atomic E-state index is 0.239. The molecule has 3 nitrogen and oxygen atoms in total. The lowest BCUT2D eigenvalue weighted by molar-refractivity contribution is 0.299. The normalized spacial score (nSPS) is 41.3. The zero-order valence-electron chi connectivity index (χ0n) is 9.28. The Hall–Kier alpha value is -0.590. The molecule has 4 atom stereocenters. The minimum Gasteiger partial charge on any atom is -0.328 e. The summed E-state index contributed by atoms with van der Waals surface area (Å²) in [6, 6.07) is 3.79. The van der Waals surface area contributed by atoms with Crippen molar-refractivity contribution in [3.63, 3.8) is 0 Å². The summed E-state index contributed by atoms with van der Waals surface area (Å²) in [5.41, 5.74) is 5.96. The third-order valence-corrected chi connectivity index (χ3v) is 3.85. The van der Waals surface area contributed by atoms with E-state index in [1.54, 1.807) is 0 Å². The fraction of sp³-hybridized carbons (Fsp3) is 0.917. The summed E-state index contributed by atoms with van der Waals surface area (Å²) in [7, 11) is 0. The van der Waals surface area contributed by atoms with Crippen LogP contribution in [0.1, 0.15) is 44.9 Å². The van der Waals surface area contributed by atoms with Gasteiger partial charge in [0.2, 0.25) is 0 Å².